The molecule has 4 nitrogen and oxygen atoms in total. The topological polar surface area (TPSA) is 52.3 Å². The van der Waals surface area contributed by atoms with Gasteiger partial charge in [0.15, 0.2) is 12.1 Å². The fourth-order valence-electron chi connectivity index (χ4n) is 2.31. The molecule has 1 heterocycles. The van der Waals surface area contributed by atoms with Gasteiger partial charge in [-0.3, -0.25) is 0 Å². The number of hydrogen-bond donors (Lipinski definition) is 0. The molecule has 1 aliphatic carbocycles. The summed E-state index contributed by atoms with van der Waals surface area (Å²) >= 11 is 0. The van der Waals surface area contributed by atoms with Crippen LogP contribution in [0.2, 0.25) is 0 Å². The van der Waals surface area contributed by atoms with Crippen LogP contribution in [0, 0.1) is 18.8 Å². The van der Waals surface area contributed by atoms with E-state index >= 15 is 0 Å². The molecule has 2 rings (SSSR count). The molecule has 17 heavy (non-hydrogen) atoms. The van der Waals surface area contributed by atoms with Crippen molar-refractivity contribution in [3.05, 3.63) is 17.8 Å². The summed E-state index contributed by atoms with van der Waals surface area (Å²) in [6.45, 7) is 6.19. The number of nitrogens with zero attached hydrogens (tertiary/aromatic N) is 1. The summed E-state index contributed by atoms with van der Waals surface area (Å²) in [7, 11) is 0. The van der Waals surface area contributed by atoms with Gasteiger partial charge in [-0.15, -0.1) is 0 Å². The van der Waals surface area contributed by atoms with E-state index in [-0.39, 0.29) is 12.1 Å². The summed E-state index contributed by atoms with van der Waals surface area (Å²) in [5, 5.41) is 0. The van der Waals surface area contributed by atoms with Crippen molar-refractivity contribution in [2.45, 2.75) is 46.1 Å². The van der Waals surface area contributed by atoms with Gasteiger partial charge in [0.2, 0.25) is 0 Å². The molecule has 0 unspecified atom stereocenters. The first-order valence-corrected chi connectivity index (χ1v) is 6.19. The van der Waals surface area contributed by atoms with Crippen LogP contribution in [-0.4, -0.2) is 17.1 Å². The third-order valence-corrected chi connectivity index (χ3v) is 3.76. The third-order valence-electron chi connectivity index (χ3n) is 3.76. The van der Waals surface area contributed by atoms with Crippen LogP contribution in [-0.2, 0) is 4.74 Å². The zero-order valence-corrected chi connectivity index (χ0v) is 10.6. The Labute approximate surface area is 101 Å². The van der Waals surface area contributed by atoms with Crippen molar-refractivity contribution in [1.29, 1.82) is 0 Å². The SMILES string of the molecule is Cc1ocnc1C(=O)O[C@@H]1CC[C@H](C)[C@@H](C)C1. The lowest BCUT2D eigenvalue weighted by molar-refractivity contribution is 0.00808. The number of aromatic nitrogens is 1. The van der Waals surface area contributed by atoms with E-state index in [1.807, 2.05) is 0 Å². The van der Waals surface area contributed by atoms with Crippen LogP contribution in [0.5, 0.6) is 0 Å². The summed E-state index contributed by atoms with van der Waals surface area (Å²) in [6.07, 6.45) is 4.33. The van der Waals surface area contributed by atoms with E-state index in [9.17, 15) is 4.79 Å². The smallest absolute Gasteiger partial charge is 0.360 e. The lowest BCUT2D eigenvalue weighted by Gasteiger charge is -2.31. The maximum Gasteiger partial charge on any atom is 0.360 e. The Morgan fingerprint density at radius 3 is 2.76 bits per heavy atom. The van der Waals surface area contributed by atoms with Crippen molar-refractivity contribution in [2.75, 3.05) is 0 Å². The summed E-state index contributed by atoms with van der Waals surface area (Å²) < 4.78 is 10.5. The number of carbonyl (C=O) groups is 1. The quantitative estimate of drug-likeness (QED) is 0.742. The molecule has 0 spiro atoms. The van der Waals surface area contributed by atoms with Crippen molar-refractivity contribution in [3.8, 4) is 0 Å². The maximum atomic E-state index is 11.8. The Bertz CT molecular complexity index is 399. The molecule has 1 aliphatic rings. The first-order valence-electron chi connectivity index (χ1n) is 6.19. The van der Waals surface area contributed by atoms with E-state index in [0.29, 0.717) is 17.4 Å². The van der Waals surface area contributed by atoms with E-state index in [4.69, 9.17) is 9.15 Å². The minimum Gasteiger partial charge on any atom is -0.458 e. The van der Waals surface area contributed by atoms with Gasteiger partial charge in [-0.1, -0.05) is 13.8 Å². The molecule has 0 N–H and O–H groups in total. The van der Waals surface area contributed by atoms with Crippen LogP contribution in [0.15, 0.2) is 10.8 Å². The van der Waals surface area contributed by atoms with Gasteiger partial charge in [-0.05, 0) is 38.0 Å². The monoisotopic (exact) mass is 237 g/mol. The molecule has 0 aromatic carbocycles. The molecule has 1 aromatic rings. The number of aryl methyl sites for hydroxylation is 1. The fourth-order valence-corrected chi connectivity index (χ4v) is 2.31. The van der Waals surface area contributed by atoms with Crippen LogP contribution >= 0.6 is 0 Å². The molecular weight excluding hydrogens is 218 g/mol. The molecule has 1 fully saturated rings. The molecule has 4 heteroatoms. The predicted octanol–water partition coefficient (Wildman–Crippen LogP) is 2.96. The minimum atomic E-state index is -0.358. The van der Waals surface area contributed by atoms with Gasteiger partial charge >= 0.3 is 5.97 Å². The summed E-state index contributed by atoms with van der Waals surface area (Å²) in [5.41, 5.74) is 0.302. The van der Waals surface area contributed by atoms with Crippen molar-refractivity contribution in [2.24, 2.45) is 11.8 Å². The molecule has 0 bridgehead atoms. The van der Waals surface area contributed by atoms with E-state index < -0.39 is 0 Å². The van der Waals surface area contributed by atoms with E-state index in [2.05, 4.69) is 18.8 Å². The summed E-state index contributed by atoms with van der Waals surface area (Å²) in [5.74, 6) is 1.49. The van der Waals surface area contributed by atoms with Gasteiger partial charge < -0.3 is 9.15 Å². The van der Waals surface area contributed by atoms with Crippen LogP contribution in [0.3, 0.4) is 0 Å². The molecular formula is C13H19NO3. The normalized spacial score (nSPS) is 29.0. The molecule has 1 aromatic heterocycles. The average molecular weight is 237 g/mol. The van der Waals surface area contributed by atoms with Crippen molar-refractivity contribution in [1.82, 2.24) is 4.98 Å². The van der Waals surface area contributed by atoms with Crippen LogP contribution in [0.25, 0.3) is 0 Å². The molecule has 1 saturated carbocycles. The number of oxazole rings is 1. The third kappa shape index (κ3) is 2.68. The zero-order valence-electron chi connectivity index (χ0n) is 10.6. The van der Waals surface area contributed by atoms with Crippen molar-refractivity contribution < 1.29 is 13.9 Å². The number of hydrogen-bond acceptors (Lipinski definition) is 4. The Morgan fingerprint density at radius 1 is 1.41 bits per heavy atom. The average Bonchev–Trinajstić information content (AvgIpc) is 2.70. The largest absolute Gasteiger partial charge is 0.458 e. The van der Waals surface area contributed by atoms with E-state index in [1.165, 1.54) is 6.39 Å². The number of esters is 1. The highest BCUT2D eigenvalue weighted by Crippen LogP contribution is 2.31. The fraction of sp³-hybridized carbons (Fsp3) is 0.692. The Kier molecular flexibility index (Phi) is 3.50. The first-order chi connectivity index (χ1) is 8.08. The summed E-state index contributed by atoms with van der Waals surface area (Å²) in [6, 6.07) is 0. The minimum absolute atomic E-state index is 0.0322. The predicted molar refractivity (Wildman–Crippen MR) is 62.6 cm³/mol. The van der Waals surface area contributed by atoms with Gasteiger partial charge in [-0.25, -0.2) is 9.78 Å². The van der Waals surface area contributed by atoms with Gasteiger partial charge in [-0.2, -0.15) is 0 Å². The number of ether oxygens (including phenoxy) is 1. The molecule has 94 valence electrons. The van der Waals surface area contributed by atoms with Crippen LogP contribution < -0.4 is 0 Å². The molecule has 0 saturated heterocycles. The van der Waals surface area contributed by atoms with Gasteiger partial charge in [0.1, 0.15) is 11.9 Å². The van der Waals surface area contributed by atoms with E-state index in [1.54, 1.807) is 6.92 Å². The summed E-state index contributed by atoms with van der Waals surface area (Å²) in [4.78, 5) is 15.7. The lowest BCUT2D eigenvalue weighted by atomic mass is 9.80. The molecule has 0 aliphatic heterocycles. The highest BCUT2D eigenvalue weighted by atomic mass is 16.5. The second-order valence-electron chi connectivity index (χ2n) is 5.05. The van der Waals surface area contributed by atoms with Crippen molar-refractivity contribution >= 4 is 5.97 Å². The highest BCUT2D eigenvalue weighted by molar-refractivity contribution is 5.88. The standard InChI is InChI=1S/C13H19NO3/c1-8-4-5-11(6-9(8)2)17-13(15)12-10(3)16-7-14-12/h7-9,11H,4-6H2,1-3H3/t8-,9-,11+/m0/s1. The zero-order chi connectivity index (χ0) is 12.4. The Morgan fingerprint density at radius 2 is 2.18 bits per heavy atom. The Balaban J connectivity index is 1.94. The highest BCUT2D eigenvalue weighted by Gasteiger charge is 2.28. The second-order valence-corrected chi connectivity index (χ2v) is 5.05. The number of carbonyl (C=O) groups excluding carboxylic acids is 1. The number of rotatable bonds is 2. The molecule has 3 atom stereocenters. The van der Waals surface area contributed by atoms with E-state index in [0.717, 1.165) is 25.2 Å². The van der Waals surface area contributed by atoms with Gasteiger partial charge in [0, 0.05) is 0 Å². The maximum absolute atomic E-state index is 11.8. The first kappa shape index (κ1) is 12.1. The molecule has 0 radical (unpaired) electrons. The lowest BCUT2D eigenvalue weighted by Crippen LogP contribution is -2.29. The van der Waals surface area contributed by atoms with Crippen LogP contribution in [0.1, 0.15) is 49.4 Å². The van der Waals surface area contributed by atoms with Crippen LogP contribution in [0.4, 0.5) is 0 Å². The van der Waals surface area contributed by atoms with Crippen molar-refractivity contribution in [3.63, 3.8) is 0 Å². The second kappa shape index (κ2) is 4.90. The van der Waals surface area contributed by atoms with Gasteiger partial charge in [0.25, 0.3) is 0 Å². The molecule has 0 amide bonds. The van der Waals surface area contributed by atoms with Gasteiger partial charge in [0.05, 0.1) is 0 Å². The Hall–Kier alpha value is -1.32.